The molecule has 2 aromatic carbocycles. The zero-order valence-electron chi connectivity index (χ0n) is 16.5. The lowest BCUT2D eigenvalue weighted by Gasteiger charge is -2.13. The van der Waals surface area contributed by atoms with Crippen molar-refractivity contribution in [3.63, 3.8) is 0 Å². The maximum atomic E-state index is 14.2. The molecule has 0 spiro atoms. The van der Waals surface area contributed by atoms with Crippen molar-refractivity contribution in [3.8, 4) is 11.6 Å². The third kappa shape index (κ3) is 3.93. The first-order chi connectivity index (χ1) is 14.5. The van der Waals surface area contributed by atoms with E-state index in [0.717, 1.165) is 15.9 Å². The van der Waals surface area contributed by atoms with Gasteiger partial charge in [-0.2, -0.15) is 9.67 Å². The molecule has 0 aliphatic heterocycles. The molecule has 0 unspecified atom stereocenters. The van der Waals surface area contributed by atoms with E-state index in [1.165, 1.54) is 24.5 Å². The molecule has 0 bridgehead atoms. The van der Waals surface area contributed by atoms with Crippen molar-refractivity contribution in [2.75, 3.05) is 24.3 Å². The smallest absolute Gasteiger partial charge is 0.284 e. The average molecular weight is 405 g/mol. The number of nitrogens with one attached hydrogen (secondary N) is 1. The van der Waals surface area contributed by atoms with Crippen molar-refractivity contribution >= 4 is 17.5 Å². The molecule has 0 fully saturated rings. The van der Waals surface area contributed by atoms with Crippen LogP contribution in [0.1, 0.15) is 15.9 Å². The fourth-order valence-electron chi connectivity index (χ4n) is 2.92. The number of hydrogen-bond donors (Lipinski definition) is 1. The summed E-state index contributed by atoms with van der Waals surface area (Å²) < 4.78 is 20.6. The zero-order chi connectivity index (χ0) is 21.1. The first kappa shape index (κ1) is 19.4. The molecule has 152 valence electrons. The fourth-order valence-corrected chi connectivity index (χ4v) is 2.92. The van der Waals surface area contributed by atoms with Gasteiger partial charge in [0.25, 0.3) is 5.91 Å². The van der Waals surface area contributed by atoms with Gasteiger partial charge < -0.3 is 14.6 Å². The van der Waals surface area contributed by atoms with Crippen molar-refractivity contribution in [1.29, 1.82) is 0 Å². The minimum Gasteiger partial charge on any atom is -0.461 e. The van der Waals surface area contributed by atoms with Gasteiger partial charge in [-0.05, 0) is 42.0 Å². The number of nitrogens with zero attached hydrogens (tertiary/aromatic N) is 4. The predicted octanol–water partition coefficient (Wildman–Crippen LogP) is 4.04. The van der Waals surface area contributed by atoms with Gasteiger partial charge in [0.15, 0.2) is 5.76 Å². The molecule has 4 aromatic rings. The maximum absolute atomic E-state index is 14.2. The van der Waals surface area contributed by atoms with Crippen LogP contribution in [0.3, 0.4) is 0 Å². The van der Waals surface area contributed by atoms with E-state index in [-0.39, 0.29) is 17.3 Å². The van der Waals surface area contributed by atoms with Gasteiger partial charge >= 0.3 is 0 Å². The minimum absolute atomic E-state index is 0.0909. The van der Waals surface area contributed by atoms with E-state index in [4.69, 9.17) is 4.42 Å². The van der Waals surface area contributed by atoms with Crippen molar-refractivity contribution in [1.82, 2.24) is 14.8 Å². The van der Waals surface area contributed by atoms with Gasteiger partial charge in [0.05, 0.1) is 11.8 Å². The van der Waals surface area contributed by atoms with Gasteiger partial charge in [0.1, 0.15) is 5.82 Å². The Bertz CT molecular complexity index is 1150. The summed E-state index contributed by atoms with van der Waals surface area (Å²) in [4.78, 5) is 19.3. The van der Waals surface area contributed by atoms with E-state index >= 15 is 0 Å². The summed E-state index contributed by atoms with van der Waals surface area (Å²) in [6.45, 7) is 0.411. The largest absolute Gasteiger partial charge is 0.461 e. The van der Waals surface area contributed by atoms with E-state index in [9.17, 15) is 9.18 Å². The van der Waals surface area contributed by atoms with Crippen LogP contribution in [0, 0.1) is 5.82 Å². The molecule has 0 aliphatic rings. The van der Waals surface area contributed by atoms with Crippen LogP contribution in [0.25, 0.3) is 11.6 Å². The van der Waals surface area contributed by atoms with Crippen molar-refractivity contribution in [2.24, 2.45) is 0 Å². The van der Waals surface area contributed by atoms with Gasteiger partial charge in [0, 0.05) is 26.3 Å². The summed E-state index contributed by atoms with van der Waals surface area (Å²) in [7, 11) is 3.94. The van der Waals surface area contributed by atoms with Crippen LogP contribution < -0.4 is 10.2 Å². The number of anilines is 2. The summed E-state index contributed by atoms with van der Waals surface area (Å²) in [6.07, 6.45) is 1.49. The summed E-state index contributed by atoms with van der Waals surface area (Å²) >= 11 is 0. The van der Waals surface area contributed by atoms with Crippen LogP contribution >= 0.6 is 0 Å². The number of benzene rings is 2. The Labute approximate surface area is 172 Å². The molecule has 2 aromatic heterocycles. The second-order valence-electron chi connectivity index (χ2n) is 6.85. The lowest BCUT2D eigenvalue weighted by atomic mass is 10.2. The molecular weight excluding hydrogens is 385 g/mol. The molecule has 0 radical (unpaired) electrons. The lowest BCUT2D eigenvalue weighted by molar-refractivity contribution is 0.0943. The first-order valence-electron chi connectivity index (χ1n) is 9.33. The third-order valence-corrected chi connectivity index (χ3v) is 4.55. The van der Waals surface area contributed by atoms with E-state index in [1.54, 1.807) is 18.2 Å². The molecule has 0 amide bonds. The monoisotopic (exact) mass is 405 g/mol. The second kappa shape index (κ2) is 8.20. The van der Waals surface area contributed by atoms with Crippen LogP contribution in [0.15, 0.2) is 71.3 Å². The number of aromatic nitrogens is 3. The standard InChI is InChI=1S/C22H20FN5O2/c1-27(2)16-11-9-15(10-12-16)14-24-22-25-20(19-8-5-13-30-19)26-28(22)21(29)17-6-3-4-7-18(17)23/h3-13H,14H2,1-2H3,(H,24,25,26). The lowest BCUT2D eigenvalue weighted by Crippen LogP contribution is -2.18. The number of carbonyl (C=O) groups excluding carboxylic acids is 1. The Morgan fingerprint density at radius 2 is 1.87 bits per heavy atom. The van der Waals surface area contributed by atoms with Gasteiger partial charge in [-0.1, -0.05) is 24.3 Å². The highest BCUT2D eigenvalue weighted by Gasteiger charge is 2.21. The summed E-state index contributed by atoms with van der Waals surface area (Å²) in [5.74, 6) is -0.401. The van der Waals surface area contributed by atoms with Crippen LogP contribution in [0.5, 0.6) is 0 Å². The topological polar surface area (TPSA) is 76.2 Å². The molecule has 0 aliphatic carbocycles. The molecular formula is C22H20FN5O2. The summed E-state index contributed by atoms with van der Waals surface area (Å²) in [6, 6.07) is 17.1. The third-order valence-electron chi connectivity index (χ3n) is 4.55. The van der Waals surface area contributed by atoms with Crippen LogP contribution in [0.2, 0.25) is 0 Å². The zero-order valence-corrected chi connectivity index (χ0v) is 16.5. The SMILES string of the molecule is CN(C)c1ccc(CNc2nc(-c3ccco3)nn2C(=O)c2ccccc2F)cc1. The Morgan fingerprint density at radius 1 is 1.10 bits per heavy atom. The Balaban J connectivity index is 1.64. The first-order valence-corrected chi connectivity index (χ1v) is 9.33. The Hall–Kier alpha value is -3.94. The highest BCUT2D eigenvalue weighted by atomic mass is 19.1. The van der Waals surface area contributed by atoms with E-state index in [0.29, 0.717) is 12.3 Å². The number of rotatable bonds is 6. The van der Waals surface area contributed by atoms with Crippen molar-refractivity contribution < 1.29 is 13.6 Å². The molecule has 0 saturated carbocycles. The number of halogens is 1. The predicted molar refractivity (Wildman–Crippen MR) is 112 cm³/mol. The van der Waals surface area contributed by atoms with E-state index in [1.807, 2.05) is 43.3 Å². The molecule has 30 heavy (non-hydrogen) atoms. The quantitative estimate of drug-likeness (QED) is 0.522. The highest BCUT2D eigenvalue weighted by Crippen LogP contribution is 2.21. The number of hydrogen-bond acceptors (Lipinski definition) is 6. The average Bonchev–Trinajstić information content (AvgIpc) is 3.42. The summed E-state index contributed by atoms with van der Waals surface area (Å²) in [5, 5.41) is 7.37. The molecule has 0 atom stereocenters. The Morgan fingerprint density at radius 3 is 2.53 bits per heavy atom. The minimum atomic E-state index is -0.622. The normalized spacial score (nSPS) is 10.8. The van der Waals surface area contributed by atoms with Gasteiger partial charge in [0.2, 0.25) is 11.8 Å². The molecule has 0 saturated heterocycles. The van der Waals surface area contributed by atoms with Gasteiger partial charge in [-0.25, -0.2) is 4.39 Å². The number of carbonyl (C=O) groups is 1. The Kier molecular flexibility index (Phi) is 5.30. The summed E-state index contributed by atoms with van der Waals surface area (Å²) in [5.41, 5.74) is 1.98. The molecule has 2 heterocycles. The van der Waals surface area contributed by atoms with Gasteiger partial charge in [-0.15, -0.1) is 5.10 Å². The van der Waals surface area contributed by atoms with E-state index < -0.39 is 11.7 Å². The molecule has 7 nitrogen and oxygen atoms in total. The second-order valence-corrected chi connectivity index (χ2v) is 6.85. The van der Waals surface area contributed by atoms with Crippen molar-refractivity contribution in [3.05, 3.63) is 83.9 Å². The maximum Gasteiger partial charge on any atom is 0.284 e. The molecule has 1 N–H and O–H groups in total. The fraction of sp³-hybridized carbons (Fsp3) is 0.136. The number of furan rings is 1. The highest BCUT2D eigenvalue weighted by molar-refractivity contribution is 5.97. The van der Waals surface area contributed by atoms with E-state index in [2.05, 4.69) is 15.4 Å². The van der Waals surface area contributed by atoms with Gasteiger partial charge in [-0.3, -0.25) is 4.79 Å². The van der Waals surface area contributed by atoms with Crippen LogP contribution in [-0.4, -0.2) is 34.8 Å². The molecule has 8 heteroatoms. The van der Waals surface area contributed by atoms with Crippen LogP contribution in [0.4, 0.5) is 16.0 Å². The molecule has 4 rings (SSSR count). The van der Waals surface area contributed by atoms with Crippen molar-refractivity contribution in [2.45, 2.75) is 6.54 Å². The van der Waals surface area contributed by atoms with Crippen LogP contribution in [-0.2, 0) is 6.54 Å².